The monoisotopic (exact) mass is 383 g/mol. The lowest BCUT2D eigenvalue weighted by molar-refractivity contribution is -0.122. The van der Waals surface area contributed by atoms with Crippen LogP contribution < -0.4 is 10.6 Å². The number of piperazine rings is 1. The van der Waals surface area contributed by atoms with Crippen molar-refractivity contribution in [3.8, 4) is 6.07 Å². The predicted molar refractivity (Wildman–Crippen MR) is 105 cm³/mol. The van der Waals surface area contributed by atoms with Gasteiger partial charge in [-0.3, -0.25) is 9.69 Å². The summed E-state index contributed by atoms with van der Waals surface area (Å²) >= 11 is 0. The number of nitriles is 1. The minimum atomic E-state index is -0.312. The molecule has 3 aliphatic heterocycles. The van der Waals surface area contributed by atoms with E-state index in [4.69, 9.17) is 5.73 Å². The maximum absolute atomic E-state index is 13.2. The molecule has 148 valence electrons. The normalized spacial score (nSPS) is 30.7. The number of halogens is 1. The molecule has 7 heteroatoms. The Morgan fingerprint density at radius 1 is 1.36 bits per heavy atom. The smallest absolute Gasteiger partial charge is 0.244 e. The van der Waals surface area contributed by atoms with E-state index < -0.39 is 0 Å². The van der Waals surface area contributed by atoms with Gasteiger partial charge in [0, 0.05) is 31.0 Å². The molecule has 0 radical (unpaired) electrons. The summed E-state index contributed by atoms with van der Waals surface area (Å²) in [5.74, 6) is 0.186. The highest BCUT2D eigenvalue weighted by Gasteiger charge is 2.50. The highest BCUT2D eigenvalue weighted by atomic mass is 19.1. The van der Waals surface area contributed by atoms with Gasteiger partial charge in [0.25, 0.3) is 0 Å². The van der Waals surface area contributed by atoms with Crippen molar-refractivity contribution in [3.63, 3.8) is 0 Å². The summed E-state index contributed by atoms with van der Waals surface area (Å²) in [6.07, 6.45) is 1.60. The number of anilines is 1. The molecule has 1 aromatic rings. The third-order valence-corrected chi connectivity index (χ3v) is 6.26. The number of rotatable bonds is 5. The van der Waals surface area contributed by atoms with Gasteiger partial charge in [-0.1, -0.05) is 13.5 Å². The Kier molecular flexibility index (Phi) is 4.86. The first-order chi connectivity index (χ1) is 13.4. The lowest BCUT2D eigenvalue weighted by atomic mass is 10.1. The summed E-state index contributed by atoms with van der Waals surface area (Å²) in [5, 5.41) is 9.39. The molecule has 4 unspecified atom stereocenters. The van der Waals surface area contributed by atoms with Gasteiger partial charge < -0.3 is 15.5 Å². The number of nitrogens with two attached hydrogens (primary N) is 1. The second-order valence-electron chi connectivity index (χ2n) is 8.28. The highest BCUT2D eigenvalue weighted by molar-refractivity contribution is 6.01. The van der Waals surface area contributed by atoms with Crippen LogP contribution in [-0.2, 0) is 4.79 Å². The first kappa shape index (κ1) is 18.9. The maximum atomic E-state index is 13.2. The first-order valence-corrected chi connectivity index (χ1v) is 9.82. The van der Waals surface area contributed by atoms with Crippen LogP contribution in [0.5, 0.6) is 0 Å². The molecule has 5 atom stereocenters. The molecule has 1 amide bonds. The van der Waals surface area contributed by atoms with Crippen LogP contribution in [0.2, 0.25) is 0 Å². The van der Waals surface area contributed by atoms with Crippen molar-refractivity contribution < 1.29 is 9.18 Å². The minimum absolute atomic E-state index is 0.0466. The molecule has 2 bridgehead atoms. The minimum Gasteiger partial charge on any atom is -0.358 e. The molecule has 3 saturated heterocycles. The van der Waals surface area contributed by atoms with Gasteiger partial charge in [-0.05, 0) is 43.0 Å². The molecule has 3 fully saturated rings. The third-order valence-electron chi connectivity index (χ3n) is 6.26. The lowest BCUT2D eigenvalue weighted by Crippen LogP contribution is -2.54. The van der Waals surface area contributed by atoms with E-state index in [9.17, 15) is 14.4 Å². The topological polar surface area (TPSA) is 76.6 Å². The van der Waals surface area contributed by atoms with E-state index in [0.29, 0.717) is 12.5 Å². The lowest BCUT2D eigenvalue weighted by Gasteiger charge is -2.36. The zero-order chi connectivity index (χ0) is 20.0. The Balaban J connectivity index is 1.40. The van der Waals surface area contributed by atoms with Gasteiger partial charge in [-0.15, -0.1) is 0 Å². The molecule has 0 saturated carbocycles. The van der Waals surface area contributed by atoms with E-state index in [1.807, 2.05) is 4.90 Å². The number of carbonyl (C=O) groups is 1. The van der Waals surface area contributed by atoms with E-state index in [1.54, 1.807) is 17.0 Å². The van der Waals surface area contributed by atoms with E-state index in [2.05, 4.69) is 24.5 Å². The number of fused-ring (bicyclic) bond motifs is 2. The molecule has 0 spiro atoms. The molecule has 6 nitrogen and oxygen atoms in total. The van der Waals surface area contributed by atoms with E-state index in [1.165, 1.54) is 12.1 Å². The van der Waals surface area contributed by atoms with Crippen molar-refractivity contribution in [3.05, 3.63) is 42.4 Å². The molecule has 0 aliphatic carbocycles. The summed E-state index contributed by atoms with van der Waals surface area (Å²) in [7, 11) is 0. The SMILES string of the molecule is C=C(C(N)CN1C[C@@H]2CC1C(=O)N2c1ccc(F)cc1)N1CC(C)CC1C#N. The molecule has 4 rings (SSSR count). The predicted octanol–water partition coefficient (Wildman–Crippen LogP) is 1.69. The fourth-order valence-electron chi connectivity index (χ4n) is 4.86. The average Bonchev–Trinajstić information content (AvgIpc) is 3.34. The van der Waals surface area contributed by atoms with Crippen LogP contribution in [0.25, 0.3) is 0 Å². The molecule has 2 N–H and O–H groups in total. The summed E-state index contributed by atoms with van der Waals surface area (Å²) in [6, 6.07) is 7.83. The zero-order valence-electron chi connectivity index (χ0n) is 16.1. The van der Waals surface area contributed by atoms with E-state index in [0.717, 1.165) is 37.3 Å². The van der Waals surface area contributed by atoms with Crippen LogP contribution in [0.15, 0.2) is 36.5 Å². The molecule has 28 heavy (non-hydrogen) atoms. The van der Waals surface area contributed by atoms with Gasteiger partial charge in [-0.25, -0.2) is 4.39 Å². The average molecular weight is 383 g/mol. The molecule has 0 aromatic heterocycles. The van der Waals surface area contributed by atoms with Crippen LogP contribution in [0.1, 0.15) is 19.8 Å². The number of benzene rings is 1. The molecular formula is C21H26FN5O. The van der Waals surface area contributed by atoms with Gasteiger partial charge >= 0.3 is 0 Å². The summed E-state index contributed by atoms with van der Waals surface area (Å²) in [4.78, 5) is 18.8. The zero-order valence-corrected chi connectivity index (χ0v) is 16.1. The second-order valence-corrected chi connectivity index (χ2v) is 8.28. The second kappa shape index (κ2) is 7.19. The van der Waals surface area contributed by atoms with Crippen molar-refractivity contribution in [2.45, 2.75) is 43.9 Å². The summed E-state index contributed by atoms with van der Waals surface area (Å²) in [5.41, 5.74) is 7.94. The standard InChI is InChI=1S/C21H26FN5O/c1-13-7-17(9-23)26(10-13)14(2)19(24)12-25-11-18-8-20(25)21(28)27(18)16-5-3-15(22)4-6-16/h3-6,13,17-20H,2,7-8,10-12,24H2,1H3/t13?,17?,18-,19?,20?/m0/s1. The molecule has 3 aliphatic rings. The van der Waals surface area contributed by atoms with Gasteiger partial charge in [0.2, 0.25) is 5.91 Å². The Hall–Kier alpha value is -2.43. The third kappa shape index (κ3) is 3.17. The van der Waals surface area contributed by atoms with Crippen LogP contribution in [0, 0.1) is 23.1 Å². The Labute approximate surface area is 165 Å². The van der Waals surface area contributed by atoms with Gasteiger partial charge in [0.05, 0.1) is 24.2 Å². The van der Waals surface area contributed by atoms with Crippen LogP contribution in [-0.4, -0.2) is 59.5 Å². The Bertz CT molecular complexity index is 819. The summed E-state index contributed by atoms with van der Waals surface area (Å²) in [6.45, 7) is 8.38. The number of amides is 1. The highest BCUT2D eigenvalue weighted by Crippen LogP contribution is 2.36. The fourth-order valence-corrected chi connectivity index (χ4v) is 4.86. The number of hydrogen-bond donors (Lipinski definition) is 1. The number of carbonyl (C=O) groups excluding carboxylic acids is 1. The first-order valence-electron chi connectivity index (χ1n) is 9.82. The number of likely N-dealkylation sites (tertiary alicyclic amines) is 2. The van der Waals surface area contributed by atoms with Crippen LogP contribution in [0.4, 0.5) is 10.1 Å². The number of hydrogen-bond acceptors (Lipinski definition) is 5. The summed E-state index contributed by atoms with van der Waals surface area (Å²) < 4.78 is 13.2. The van der Waals surface area contributed by atoms with Crippen molar-refractivity contribution in [2.24, 2.45) is 11.7 Å². The van der Waals surface area contributed by atoms with Crippen LogP contribution >= 0.6 is 0 Å². The van der Waals surface area contributed by atoms with E-state index >= 15 is 0 Å². The molecule has 3 heterocycles. The quantitative estimate of drug-likeness (QED) is 0.837. The van der Waals surface area contributed by atoms with Gasteiger partial charge in [0.15, 0.2) is 0 Å². The van der Waals surface area contributed by atoms with Crippen molar-refractivity contribution >= 4 is 11.6 Å². The van der Waals surface area contributed by atoms with Crippen molar-refractivity contribution in [1.82, 2.24) is 9.80 Å². The molecular weight excluding hydrogens is 357 g/mol. The van der Waals surface area contributed by atoms with Crippen molar-refractivity contribution in [1.29, 1.82) is 5.26 Å². The van der Waals surface area contributed by atoms with E-state index in [-0.39, 0.29) is 35.9 Å². The fraction of sp³-hybridized carbons (Fsp3) is 0.524. The maximum Gasteiger partial charge on any atom is 0.244 e. The Morgan fingerprint density at radius 2 is 2.07 bits per heavy atom. The largest absolute Gasteiger partial charge is 0.358 e. The van der Waals surface area contributed by atoms with Gasteiger partial charge in [0.1, 0.15) is 11.9 Å². The van der Waals surface area contributed by atoms with Crippen molar-refractivity contribution in [2.75, 3.05) is 24.5 Å². The molecule has 1 aromatic carbocycles. The number of nitrogens with zero attached hydrogens (tertiary/aromatic N) is 4. The Morgan fingerprint density at radius 3 is 2.71 bits per heavy atom. The van der Waals surface area contributed by atoms with Crippen LogP contribution in [0.3, 0.4) is 0 Å². The van der Waals surface area contributed by atoms with Gasteiger partial charge in [-0.2, -0.15) is 5.26 Å².